The van der Waals surface area contributed by atoms with Gasteiger partial charge in [-0.15, -0.1) is 0 Å². The number of phenolic OH excluding ortho intramolecular Hbond substituents is 1. The first kappa shape index (κ1) is 20.8. The van der Waals surface area contributed by atoms with Crippen LogP contribution in [0.15, 0.2) is 24.3 Å². The number of phenols is 1. The standard InChI is InChI=1S/C20H34N2OS/c1-2-3-4-5-6-7-8-9-10-11-12-17-21-20(24)22-18-13-15-19(23)16-14-18/h13-16,23H,2-12,17H2,1H3,(H2,21,22,24). The maximum atomic E-state index is 9.24. The normalized spacial score (nSPS) is 10.5. The minimum absolute atomic E-state index is 0.264. The van der Waals surface area contributed by atoms with E-state index in [2.05, 4.69) is 17.6 Å². The third kappa shape index (κ3) is 11.3. The number of aromatic hydroxyl groups is 1. The highest BCUT2D eigenvalue weighted by molar-refractivity contribution is 7.80. The third-order valence-corrected chi connectivity index (χ3v) is 4.44. The van der Waals surface area contributed by atoms with E-state index in [0.717, 1.165) is 18.7 Å². The summed E-state index contributed by atoms with van der Waals surface area (Å²) in [5, 5.41) is 16.2. The molecule has 1 rings (SSSR count). The molecule has 0 radical (unpaired) electrons. The zero-order valence-corrected chi connectivity index (χ0v) is 16.0. The topological polar surface area (TPSA) is 44.3 Å². The predicted molar refractivity (Wildman–Crippen MR) is 109 cm³/mol. The lowest BCUT2D eigenvalue weighted by Crippen LogP contribution is -2.29. The van der Waals surface area contributed by atoms with Crippen molar-refractivity contribution in [2.24, 2.45) is 0 Å². The summed E-state index contributed by atoms with van der Waals surface area (Å²) in [5.41, 5.74) is 0.893. The maximum absolute atomic E-state index is 9.24. The minimum Gasteiger partial charge on any atom is -0.508 e. The molecule has 1 aromatic rings. The number of rotatable bonds is 13. The van der Waals surface area contributed by atoms with Crippen molar-refractivity contribution in [2.45, 2.75) is 77.6 Å². The van der Waals surface area contributed by atoms with Gasteiger partial charge in [0, 0.05) is 12.2 Å². The first-order valence-corrected chi connectivity index (χ1v) is 9.97. The number of unbranched alkanes of at least 4 members (excludes halogenated alkanes) is 10. The van der Waals surface area contributed by atoms with Gasteiger partial charge in [0.15, 0.2) is 5.11 Å². The molecule has 0 spiro atoms. The molecule has 0 unspecified atom stereocenters. The summed E-state index contributed by atoms with van der Waals surface area (Å²) in [6, 6.07) is 6.92. The number of hydrogen-bond acceptors (Lipinski definition) is 2. The molecule has 136 valence electrons. The van der Waals surface area contributed by atoms with Gasteiger partial charge in [-0.05, 0) is 42.9 Å². The first-order chi connectivity index (χ1) is 11.7. The molecule has 4 heteroatoms. The van der Waals surface area contributed by atoms with Crippen molar-refractivity contribution >= 4 is 23.0 Å². The van der Waals surface area contributed by atoms with E-state index in [9.17, 15) is 5.11 Å². The van der Waals surface area contributed by atoms with E-state index in [0.29, 0.717) is 5.11 Å². The van der Waals surface area contributed by atoms with Crippen molar-refractivity contribution in [1.82, 2.24) is 5.32 Å². The van der Waals surface area contributed by atoms with Crippen LogP contribution in [0.5, 0.6) is 5.75 Å². The third-order valence-electron chi connectivity index (χ3n) is 4.19. The Balaban J connectivity index is 1.87. The Morgan fingerprint density at radius 3 is 1.88 bits per heavy atom. The molecular formula is C20H34N2OS. The van der Waals surface area contributed by atoms with Crippen LogP contribution in [0.4, 0.5) is 5.69 Å². The van der Waals surface area contributed by atoms with Crippen molar-refractivity contribution in [3.63, 3.8) is 0 Å². The summed E-state index contributed by atoms with van der Waals surface area (Å²) in [4.78, 5) is 0. The molecule has 0 bridgehead atoms. The Morgan fingerprint density at radius 2 is 1.33 bits per heavy atom. The van der Waals surface area contributed by atoms with Crippen LogP contribution in [0.2, 0.25) is 0 Å². The number of nitrogens with one attached hydrogen (secondary N) is 2. The van der Waals surface area contributed by atoms with E-state index < -0.39 is 0 Å². The van der Waals surface area contributed by atoms with Crippen LogP contribution in [0, 0.1) is 0 Å². The molecular weight excluding hydrogens is 316 g/mol. The van der Waals surface area contributed by atoms with Gasteiger partial charge in [0.05, 0.1) is 0 Å². The van der Waals surface area contributed by atoms with Gasteiger partial charge in [-0.1, -0.05) is 71.1 Å². The zero-order chi connectivity index (χ0) is 17.5. The summed E-state index contributed by atoms with van der Waals surface area (Å²) >= 11 is 5.26. The fourth-order valence-electron chi connectivity index (χ4n) is 2.71. The summed E-state index contributed by atoms with van der Waals surface area (Å²) in [7, 11) is 0. The molecule has 3 N–H and O–H groups in total. The predicted octanol–water partition coefficient (Wildman–Crippen LogP) is 5.99. The van der Waals surface area contributed by atoms with Gasteiger partial charge in [0.25, 0.3) is 0 Å². The van der Waals surface area contributed by atoms with Gasteiger partial charge in [-0.25, -0.2) is 0 Å². The van der Waals surface area contributed by atoms with Gasteiger partial charge < -0.3 is 15.7 Å². The molecule has 0 saturated carbocycles. The number of anilines is 1. The van der Waals surface area contributed by atoms with Crippen molar-refractivity contribution in [2.75, 3.05) is 11.9 Å². The maximum Gasteiger partial charge on any atom is 0.170 e. The smallest absolute Gasteiger partial charge is 0.170 e. The van der Waals surface area contributed by atoms with Crippen molar-refractivity contribution in [3.05, 3.63) is 24.3 Å². The van der Waals surface area contributed by atoms with E-state index in [1.165, 1.54) is 64.2 Å². The number of hydrogen-bond donors (Lipinski definition) is 3. The quantitative estimate of drug-likeness (QED) is 0.232. The molecule has 0 aliphatic carbocycles. The van der Waals surface area contributed by atoms with Crippen molar-refractivity contribution < 1.29 is 5.11 Å². The average molecular weight is 351 g/mol. The second-order valence-corrected chi connectivity index (χ2v) is 6.87. The summed E-state index contributed by atoms with van der Waals surface area (Å²) in [6.45, 7) is 3.19. The highest BCUT2D eigenvalue weighted by Crippen LogP contribution is 2.13. The Hall–Kier alpha value is -1.29. The van der Waals surface area contributed by atoms with E-state index in [1.807, 2.05) is 12.1 Å². The lowest BCUT2D eigenvalue weighted by molar-refractivity contribution is 0.475. The largest absolute Gasteiger partial charge is 0.508 e. The molecule has 0 aliphatic rings. The zero-order valence-electron chi connectivity index (χ0n) is 15.2. The minimum atomic E-state index is 0.264. The van der Waals surface area contributed by atoms with Crippen LogP contribution >= 0.6 is 12.2 Å². The molecule has 0 atom stereocenters. The Kier molecular flexibility index (Phi) is 12.2. The first-order valence-electron chi connectivity index (χ1n) is 9.56. The molecule has 0 aliphatic heterocycles. The fraction of sp³-hybridized carbons (Fsp3) is 0.650. The molecule has 0 heterocycles. The average Bonchev–Trinajstić information content (AvgIpc) is 2.58. The Bertz CT molecular complexity index is 434. The van der Waals surface area contributed by atoms with Crippen molar-refractivity contribution in [1.29, 1.82) is 0 Å². The van der Waals surface area contributed by atoms with Gasteiger partial charge in [-0.3, -0.25) is 0 Å². The van der Waals surface area contributed by atoms with Crippen LogP contribution in [-0.4, -0.2) is 16.8 Å². The lowest BCUT2D eigenvalue weighted by atomic mass is 10.1. The van der Waals surface area contributed by atoms with Gasteiger partial charge in [0.2, 0.25) is 0 Å². The molecule has 3 nitrogen and oxygen atoms in total. The molecule has 0 fully saturated rings. The van der Waals surface area contributed by atoms with Crippen LogP contribution in [0.25, 0.3) is 0 Å². The Labute approximate surface area is 153 Å². The van der Waals surface area contributed by atoms with E-state index >= 15 is 0 Å². The summed E-state index contributed by atoms with van der Waals surface area (Å²) in [6.07, 6.45) is 14.9. The summed E-state index contributed by atoms with van der Waals surface area (Å²) in [5.74, 6) is 0.264. The van der Waals surface area contributed by atoms with E-state index in [-0.39, 0.29) is 5.75 Å². The monoisotopic (exact) mass is 350 g/mol. The molecule has 0 amide bonds. The molecule has 0 aromatic heterocycles. The van der Waals surface area contributed by atoms with E-state index in [4.69, 9.17) is 12.2 Å². The van der Waals surface area contributed by atoms with Crippen molar-refractivity contribution in [3.8, 4) is 5.75 Å². The fourth-order valence-corrected chi connectivity index (χ4v) is 2.93. The molecule has 1 aromatic carbocycles. The second kappa shape index (κ2) is 14.1. The SMILES string of the molecule is CCCCCCCCCCCCCNC(=S)Nc1ccc(O)cc1. The second-order valence-electron chi connectivity index (χ2n) is 6.46. The van der Waals surface area contributed by atoms with Crippen LogP contribution in [-0.2, 0) is 0 Å². The van der Waals surface area contributed by atoms with Crippen LogP contribution in [0.1, 0.15) is 77.6 Å². The highest BCUT2D eigenvalue weighted by atomic mass is 32.1. The molecule has 0 saturated heterocycles. The number of benzene rings is 1. The van der Waals surface area contributed by atoms with Crippen LogP contribution in [0.3, 0.4) is 0 Å². The van der Waals surface area contributed by atoms with Gasteiger partial charge in [0.1, 0.15) is 5.75 Å². The number of thiocarbonyl (C=S) groups is 1. The van der Waals surface area contributed by atoms with Crippen LogP contribution < -0.4 is 10.6 Å². The van der Waals surface area contributed by atoms with Gasteiger partial charge in [-0.2, -0.15) is 0 Å². The lowest BCUT2D eigenvalue weighted by Gasteiger charge is -2.10. The summed E-state index contributed by atoms with van der Waals surface area (Å²) < 4.78 is 0. The van der Waals surface area contributed by atoms with Gasteiger partial charge >= 0.3 is 0 Å². The van der Waals surface area contributed by atoms with E-state index in [1.54, 1.807) is 12.1 Å². The highest BCUT2D eigenvalue weighted by Gasteiger charge is 1.98. The Morgan fingerprint density at radius 1 is 0.833 bits per heavy atom. The molecule has 24 heavy (non-hydrogen) atoms.